The second-order valence-corrected chi connectivity index (χ2v) is 5.62. The first-order valence-corrected chi connectivity index (χ1v) is 7.68. The summed E-state index contributed by atoms with van der Waals surface area (Å²) in [7, 11) is 0. The maximum Gasteiger partial charge on any atom is 0.341 e. The summed E-state index contributed by atoms with van der Waals surface area (Å²) in [5.74, 6) is -0.536. The van der Waals surface area contributed by atoms with Gasteiger partial charge in [0.1, 0.15) is 11.3 Å². The lowest BCUT2D eigenvalue weighted by molar-refractivity contribution is 0.0523. The van der Waals surface area contributed by atoms with Crippen LogP contribution in [0.1, 0.15) is 50.9 Å². The molecule has 0 saturated carbocycles. The lowest BCUT2D eigenvalue weighted by atomic mass is 10.00. The number of aliphatic hydroxyl groups is 1. The number of carbonyl (C=O) groups excluding carboxylic acids is 1. The Morgan fingerprint density at radius 2 is 1.96 bits per heavy atom. The van der Waals surface area contributed by atoms with E-state index in [9.17, 15) is 15.0 Å². The van der Waals surface area contributed by atoms with Gasteiger partial charge in [0.2, 0.25) is 0 Å². The van der Waals surface area contributed by atoms with Gasteiger partial charge in [-0.3, -0.25) is 0 Å². The average Bonchev–Trinajstić information content (AvgIpc) is 2.48. The number of rotatable bonds is 6. The number of hydrogen-bond donors (Lipinski definition) is 2. The average molecular weight is 320 g/mol. The molecule has 0 spiro atoms. The van der Waals surface area contributed by atoms with E-state index in [0.29, 0.717) is 6.61 Å². The van der Waals surface area contributed by atoms with E-state index in [1.165, 1.54) is 17.7 Å². The summed E-state index contributed by atoms with van der Waals surface area (Å²) in [4.78, 5) is 11.1. The van der Waals surface area contributed by atoms with E-state index >= 15 is 0 Å². The topological polar surface area (TPSA) is 66.8 Å². The van der Waals surface area contributed by atoms with Crippen molar-refractivity contribution >= 4 is 5.97 Å². The van der Waals surface area contributed by atoms with Crippen molar-refractivity contribution in [2.24, 2.45) is 0 Å². The molecule has 128 valence electrons. The molecule has 0 aliphatic carbocycles. The van der Waals surface area contributed by atoms with E-state index < -0.39 is 11.6 Å². The highest BCUT2D eigenvalue weighted by Crippen LogP contribution is 2.16. The fourth-order valence-corrected chi connectivity index (χ4v) is 1.61. The molecule has 1 atom stereocenters. The number of esters is 1. The fourth-order valence-electron chi connectivity index (χ4n) is 1.61. The SMILES string of the molecule is C=CC(C)(O)CCC=C(C)C.CCOC(=O)c1ccccc1O. The van der Waals surface area contributed by atoms with Crippen LogP contribution in [0.15, 0.2) is 48.6 Å². The van der Waals surface area contributed by atoms with Crippen LogP contribution in [0.2, 0.25) is 0 Å². The Morgan fingerprint density at radius 3 is 2.43 bits per heavy atom. The summed E-state index contributed by atoms with van der Waals surface area (Å²) in [6.45, 7) is 11.5. The monoisotopic (exact) mass is 320 g/mol. The molecule has 1 aromatic rings. The third kappa shape index (κ3) is 9.53. The van der Waals surface area contributed by atoms with Crippen molar-refractivity contribution in [3.05, 3.63) is 54.1 Å². The van der Waals surface area contributed by atoms with E-state index in [4.69, 9.17) is 4.74 Å². The predicted molar refractivity (Wildman–Crippen MR) is 93.5 cm³/mol. The molecular weight excluding hydrogens is 292 g/mol. The van der Waals surface area contributed by atoms with Crippen LogP contribution < -0.4 is 0 Å². The zero-order valence-electron chi connectivity index (χ0n) is 14.5. The summed E-state index contributed by atoms with van der Waals surface area (Å²) in [5, 5.41) is 18.7. The second kappa shape index (κ2) is 10.6. The number of para-hydroxylation sites is 1. The molecular formula is C19H28O4. The van der Waals surface area contributed by atoms with Gasteiger partial charge < -0.3 is 14.9 Å². The van der Waals surface area contributed by atoms with Gasteiger partial charge in [0, 0.05) is 0 Å². The molecule has 1 unspecified atom stereocenters. The molecule has 4 heteroatoms. The number of hydrogen-bond acceptors (Lipinski definition) is 4. The molecule has 0 radical (unpaired) electrons. The van der Waals surface area contributed by atoms with Gasteiger partial charge in [0.05, 0.1) is 12.2 Å². The number of allylic oxidation sites excluding steroid dienone is 2. The Balaban J connectivity index is 0.000000423. The van der Waals surface area contributed by atoms with Crippen LogP contribution in [-0.2, 0) is 4.74 Å². The predicted octanol–water partition coefficient (Wildman–Crippen LogP) is 4.24. The van der Waals surface area contributed by atoms with Gasteiger partial charge in [-0.15, -0.1) is 6.58 Å². The van der Waals surface area contributed by atoms with E-state index in [1.54, 1.807) is 32.1 Å². The van der Waals surface area contributed by atoms with E-state index in [1.807, 2.05) is 0 Å². The van der Waals surface area contributed by atoms with Gasteiger partial charge in [-0.2, -0.15) is 0 Å². The van der Waals surface area contributed by atoms with Crippen molar-refractivity contribution in [2.75, 3.05) is 6.61 Å². The zero-order valence-corrected chi connectivity index (χ0v) is 14.5. The van der Waals surface area contributed by atoms with Gasteiger partial charge in [-0.05, 0) is 52.7 Å². The third-order valence-corrected chi connectivity index (χ3v) is 3.04. The molecule has 0 aliphatic rings. The lowest BCUT2D eigenvalue weighted by Crippen LogP contribution is -2.19. The van der Waals surface area contributed by atoms with Crippen molar-refractivity contribution in [2.45, 2.75) is 46.1 Å². The maximum atomic E-state index is 11.1. The van der Waals surface area contributed by atoms with Crippen LogP contribution in [0.3, 0.4) is 0 Å². The highest BCUT2D eigenvalue weighted by Gasteiger charge is 2.12. The lowest BCUT2D eigenvalue weighted by Gasteiger charge is -2.16. The van der Waals surface area contributed by atoms with Crippen LogP contribution in [-0.4, -0.2) is 28.4 Å². The molecule has 0 fully saturated rings. The highest BCUT2D eigenvalue weighted by atomic mass is 16.5. The first-order chi connectivity index (χ1) is 10.7. The summed E-state index contributed by atoms with van der Waals surface area (Å²) in [5.41, 5.74) is 0.801. The Bertz CT molecular complexity index is 526. The largest absolute Gasteiger partial charge is 0.507 e. The first-order valence-electron chi connectivity index (χ1n) is 7.68. The summed E-state index contributed by atoms with van der Waals surface area (Å²) >= 11 is 0. The Hall–Kier alpha value is -2.07. The number of phenolic OH excluding ortho intramolecular Hbond substituents is 1. The number of benzene rings is 1. The van der Waals surface area contributed by atoms with Crippen LogP contribution in [0.5, 0.6) is 5.75 Å². The molecule has 0 amide bonds. The number of phenols is 1. The van der Waals surface area contributed by atoms with E-state index in [-0.39, 0.29) is 11.3 Å². The Kier molecular flexibility index (Phi) is 9.67. The fraction of sp³-hybridized carbons (Fsp3) is 0.421. The van der Waals surface area contributed by atoms with E-state index in [2.05, 4.69) is 26.5 Å². The molecule has 0 aromatic heterocycles. The number of ether oxygens (including phenoxy) is 1. The van der Waals surface area contributed by atoms with Crippen LogP contribution >= 0.6 is 0 Å². The molecule has 1 aromatic carbocycles. The molecule has 0 saturated heterocycles. The van der Waals surface area contributed by atoms with Crippen LogP contribution in [0.25, 0.3) is 0 Å². The minimum atomic E-state index is -0.702. The summed E-state index contributed by atoms with van der Waals surface area (Å²) < 4.78 is 4.71. The van der Waals surface area contributed by atoms with Crippen LogP contribution in [0.4, 0.5) is 0 Å². The third-order valence-electron chi connectivity index (χ3n) is 3.04. The highest BCUT2D eigenvalue weighted by molar-refractivity contribution is 5.92. The van der Waals surface area contributed by atoms with Gasteiger partial charge in [0.25, 0.3) is 0 Å². The van der Waals surface area contributed by atoms with Crippen molar-refractivity contribution in [3.63, 3.8) is 0 Å². The van der Waals surface area contributed by atoms with Gasteiger partial charge in [0.15, 0.2) is 0 Å². The number of aromatic hydroxyl groups is 1. The summed E-state index contributed by atoms with van der Waals surface area (Å²) in [6.07, 6.45) is 5.38. The zero-order chi connectivity index (χ0) is 17.9. The minimum Gasteiger partial charge on any atom is -0.507 e. The normalized spacial score (nSPS) is 12.2. The first kappa shape index (κ1) is 20.9. The van der Waals surface area contributed by atoms with Gasteiger partial charge in [-0.1, -0.05) is 29.9 Å². The summed E-state index contributed by atoms with van der Waals surface area (Å²) in [6, 6.07) is 6.30. The molecule has 1 rings (SSSR count). The van der Waals surface area contributed by atoms with Crippen molar-refractivity contribution in [3.8, 4) is 5.75 Å². The van der Waals surface area contributed by atoms with Gasteiger partial charge in [-0.25, -0.2) is 4.79 Å². The molecule has 2 N–H and O–H groups in total. The molecule has 4 nitrogen and oxygen atoms in total. The smallest absolute Gasteiger partial charge is 0.341 e. The molecule has 0 heterocycles. The van der Waals surface area contributed by atoms with Crippen molar-refractivity contribution < 1.29 is 19.7 Å². The maximum absolute atomic E-state index is 11.1. The Labute approximate surface area is 139 Å². The quantitative estimate of drug-likeness (QED) is 0.608. The minimum absolute atomic E-state index is 0.0454. The van der Waals surface area contributed by atoms with Gasteiger partial charge >= 0.3 is 5.97 Å². The van der Waals surface area contributed by atoms with Crippen molar-refractivity contribution in [1.29, 1.82) is 0 Å². The molecule has 23 heavy (non-hydrogen) atoms. The molecule has 0 aliphatic heterocycles. The number of carbonyl (C=O) groups is 1. The Morgan fingerprint density at radius 1 is 1.35 bits per heavy atom. The molecule has 0 bridgehead atoms. The van der Waals surface area contributed by atoms with Crippen molar-refractivity contribution in [1.82, 2.24) is 0 Å². The second-order valence-electron chi connectivity index (χ2n) is 5.62. The van der Waals surface area contributed by atoms with Crippen LogP contribution in [0, 0.1) is 0 Å². The standard InChI is InChI=1S/C10H18O.C9H10O3/c1-5-10(4,11)8-6-7-9(2)3;1-2-12-9(11)7-5-3-4-6-8(7)10/h5,7,11H,1,6,8H2,2-4H3;3-6,10H,2H2,1H3. The van der Waals surface area contributed by atoms with E-state index in [0.717, 1.165) is 12.8 Å².